The second-order valence-electron chi connectivity index (χ2n) is 7.97. The number of imide groups is 1. The number of para-hydroxylation sites is 2. The summed E-state index contributed by atoms with van der Waals surface area (Å²) in [5.74, 6) is -1.25. The van der Waals surface area contributed by atoms with Crippen molar-refractivity contribution < 1.29 is 14.0 Å². The number of nitrogens with one attached hydrogen (secondary N) is 1. The van der Waals surface area contributed by atoms with E-state index in [2.05, 4.69) is 4.98 Å². The van der Waals surface area contributed by atoms with E-state index < -0.39 is 11.9 Å². The van der Waals surface area contributed by atoms with Crippen LogP contribution in [0.5, 0.6) is 0 Å². The lowest BCUT2D eigenvalue weighted by atomic mass is 10.0. The van der Waals surface area contributed by atoms with Crippen LogP contribution in [0.2, 0.25) is 5.02 Å². The molecule has 2 aliphatic heterocycles. The SMILES string of the molecule is O=C1C[C@H](N2CCC(n3c(=O)[nH]c4ccccc43)CC2)C(=O)N1c1ccc(F)c(Cl)c1. The number of fused-ring (bicyclic) bond motifs is 1. The number of aromatic amines is 1. The smallest absolute Gasteiger partial charge is 0.306 e. The van der Waals surface area contributed by atoms with E-state index >= 15 is 0 Å². The van der Waals surface area contributed by atoms with Crippen LogP contribution in [0.3, 0.4) is 0 Å². The molecular weight excluding hydrogens is 423 g/mol. The number of hydrogen-bond acceptors (Lipinski definition) is 4. The quantitative estimate of drug-likeness (QED) is 0.632. The molecule has 0 unspecified atom stereocenters. The van der Waals surface area contributed by atoms with E-state index in [1.165, 1.54) is 12.1 Å². The third-order valence-electron chi connectivity index (χ3n) is 6.21. The number of carbonyl (C=O) groups excluding carboxylic acids is 2. The molecule has 2 fully saturated rings. The molecule has 3 heterocycles. The molecule has 9 heteroatoms. The number of piperidine rings is 1. The third kappa shape index (κ3) is 3.36. The van der Waals surface area contributed by atoms with Gasteiger partial charge in [0.05, 0.1) is 34.2 Å². The molecule has 1 N–H and O–H groups in total. The lowest BCUT2D eigenvalue weighted by molar-refractivity contribution is -0.123. The number of hydrogen-bond donors (Lipinski definition) is 1. The zero-order chi connectivity index (χ0) is 21.7. The molecule has 160 valence electrons. The summed E-state index contributed by atoms with van der Waals surface area (Å²) < 4.78 is 15.3. The number of H-pyrrole nitrogens is 1. The van der Waals surface area contributed by atoms with Crippen molar-refractivity contribution in [2.45, 2.75) is 31.3 Å². The number of carbonyl (C=O) groups is 2. The maximum atomic E-state index is 13.5. The number of nitrogens with zero attached hydrogens (tertiary/aromatic N) is 3. The Morgan fingerprint density at radius 3 is 2.52 bits per heavy atom. The highest BCUT2D eigenvalue weighted by Crippen LogP contribution is 2.32. The van der Waals surface area contributed by atoms with Gasteiger partial charge in [-0.3, -0.25) is 19.1 Å². The van der Waals surface area contributed by atoms with Crippen LogP contribution >= 0.6 is 11.6 Å². The van der Waals surface area contributed by atoms with Crippen molar-refractivity contribution in [2.24, 2.45) is 0 Å². The van der Waals surface area contributed by atoms with Crippen molar-refractivity contribution in [1.82, 2.24) is 14.5 Å². The Balaban J connectivity index is 1.32. The predicted molar refractivity (Wildman–Crippen MR) is 115 cm³/mol. The Hall–Kier alpha value is -2.97. The van der Waals surface area contributed by atoms with Gasteiger partial charge in [-0.2, -0.15) is 0 Å². The molecule has 1 aromatic heterocycles. The van der Waals surface area contributed by atoms with Gasteiger partial charge < -0.3 is 4.98 Å². The lowest BCUT2D eigenvalue weighted by Gasteiger charge is -2.35. The van der Waals surface area contributed by atoms with Gasteiger partial charge in [0.25, 0.3) is 5.91 Å². The van der Waals surface area contributed by atoms with Gasteiger partial charge in [0.2, 0.25) is 5.91 Å². The first-order chi connectivity index (χ1) is 14.9. The Labute approximate surface area is 182 Å². The molecule has 1 atom stereocenters. The first-order valence-corrected chi connectivity index (χ1v) is 10.6. The van der Waals surface area contributed by atoms with Gasteiger partial charge in [0.1, 0.15) is 5.82 Å². The van der Waals surface area contributed by atoms with E-state index in [9.17, 15) is 18.8 Å². The van der Waals surface area contributed by atoms with E-state index in [4.69, 9.17) is 11.6 Å². The number of halogens is 2. The Morgan fingerprint density at radius 1 is 1.03 bits per heavy atom. The minimum Gasteiger partial charge on any atom is -0.306 e. The third-order valence-corrected chi connectivity index (χ3v) is 6.50. The summed E-state index contributed by atoms with van der Waals surface area (Å²) in [6.45, 7) is 1.19. The molecule has 3 aromatic rings. The average molecular weight is 443 g/mol. The van der Waals surface area contributed by atoms with Gasteiger partial charge in [-0.15, -0.1) is 0 Å². The number of amides is 2. The number of benzene rings is 2. The molecule has 2 aromatic carbocycles. The molecule has 0 radical (unpaired) electrons. The zero-order valence-electron chi connectivity index (χ0n) is 16.6. The van der Waals surface area contributed by atoms with Gasteiger partial charge in [0.15, 0.2) is 0 Å². The van der Waals surface area contributed by atoms with Gasteiger partial charge in [-0.25, -0.2) is 14.1 Å². The van der Waals surface area contributed by atoms with Crippen LogP contribution in [-0.2, 0) is 9.59 Å². The fraction of sp³-hybridized carbons (Fsp3) is 0.318. The van der Waals surface area contributed by atoms with Crippen LogP contribution < -0.4 is 10.6 Å². The van der Waals surface area contributed by atoms with Crippen molar-refractivity contribution in [3.8, 4) is 0 Å². The molecule has 31 heavy (non-hydrogen) atoms. The van der Waals surface area contributed by atoms with Gasteiger partial charge in [-0.05, 0) is 43.2 Å². The fourth-order valence-corrected chi connectivity index (χ4v) is 4.86. The summed E-state index contributed by atoms with van der Waals surface area (Å²) in [6.07, 6.45) is 1.47. The highest BCUT2D eigenvalue weighted by atomic mass is 35.5. The second-order valence-corrected chi connectivity index (χ2v) is 8.38. The zero-order valence-corrected chi connectivity index (χ0v) is 17.3. The van der Waals surface area contributed by atoms with E-state index in [-0.39, 0.29) is 40.7 Å². The van der Waals surface area contributed by atoms with Crippen molar-refractivity contribution in [3.63, 3.8) is 0 Å². The molecule has 2 saturated heterocycles. The summed E-state index contributed by atoms with van der Waals surface area (Å²) in [4.78, 5) is 44.0. The molecule has 0 aliphatic carbocycles. The highest BCUT2D eigenvalue weighted by Gasteiger charge is 2.43. The summed E-state index contributed by atoms with van der Waals surface area (Å²) in [6, 6.07) is 10.9. The normalized spacial score (nSPS) is 20.8. The van der Waals surface area contributed by atoms with E-state index in [1.807, 2.05) is 29.2 Å². The van der Waals surface area contributed by atoms with Crippen LogP contribution in [0.1, 0.15) is 25.3 Å². The van der Waals surface area contributed by atoms with Gasteiger partial charge >= 0.3 is 5.69 Å². The fourth-order valence-electron chi connectivity index (χ4n) is 4.69. The number of anilines is 1. The standard InChI is InChI=1S/C22H20ClFN4O3/c23-15-11-14(5-6-16(15)24)28-20(29)12-19(21(28)30)26-9-7-13(8-10-26)27-18-4-2-1-3-17(18)25-22(27)31/h1-6,11,13,19H,7-10,12H2,(H,25,31)/t19-/m0/s1. The molecular formula is C22H20ClFN4O3. The summed E-state index contributed by atoms with van der Waals surface area (Å²) in [7, 11) is 0. The monoisotopic (exact) mass is 442 g/mol. The molecule has 7 nitrogen and oxygen atoms in total. The van der Waals surface area contributed by atoms with E-state index in [0.717, 1.165) is 22.0 Å². The Bertz CT molecular complexity index is 1250. The summed E-state index contributed by atoms with van der Waals surface area (Å²) in [5.41, 5.74) is 1.83. The summed E-state index contributed by atoms with van der Waals surface area (Å²) in [5, 5.41) is -0.133. The molecule has 5 rings (SSSR count). The Kier molecular flexibility index (Phi) is 4.91. The molecule has 2 amide bonds. The van der Waals surface area contributed by atoms with E-state index in [1.54, 1.807) is 4.57 Å². The molecule has 0 spiro atoms. The summed E-state index contributed by atoms with van der Waals surface area (Å²) >= 11 is 5.83. The largest absolute Gasteiger partial charge is 0.326 e. The van der Waals surface area contributed by atoms with Crippen molar-refractivity contribution in [3.05, 3.63) is 63.8 Å². The number of imidazole rings is 1. The molecule has 0 saturated carbocycles. The van der Waals surface area contributed by atoms with E-state index in [0.29, 0.717) is 25.9 Å². The van der Waals surface area contributed by atoms with Crippen molar-refractivity contribution in [1.29, 1.82) is 0 Å². The lowest BCUT2D eigenvalue weighted by Crippen LogP contribution is -2.46. The maximum Gasteiger partial charge on any atom is 0.326 e. The van der Waals surface area contributed by atoms with Crippen LogP contribution in [0.25, 0.3) is 11.0 Å². The highest BCUT2D eigenvalue weighted by molar-refractivity contribution is 6.31. The number of likely N-dealkylation sites (tertiary alicyclic amines) is 1. The van der Waals surface area contributed by atoms with Gasteiger partial charge in [0, 0.05) is 19.1 Å². The predicted octanol–water partition coefficient (Wildman–Crippen LogP) is 3.09. The minimum absolute atomic E-state index is 0.0270. The molecule has 2 aliphatic rings. The van der Waals surface area contributed by atoms with Gasteiger partial charge in [-0.1, -0.05) is 23.7 Å². The first-order valence-electron chi connectivity index (χ1n) is 10.2. The van der Waals surface area contributed by atoms with Crippen molar-refractivity contribution in [2.75, 3.05) is 18.0 Å². The van der Waals surface area contributed by atoms with Crippen LogP contribution in [0, 0.1) is 5.82 Å². The minimum atomic E-state index is -0.601. The van der Waals surface area contributed by atoms with Crippen LogP contribution in [-0.4, -0.2) is 45.4 Å². The first kappa shape index (κ1) is 20.0. The van der Waals surface area contributed by atoms with Crippen molar-refractivity contribution >= 4 is 40.1 Å². The second kappa shape index (κ2) is 7.62. The van der Waals surface area contributed by atoms with Crippen LogP contribution in [0.15, 0.2) is 47.3 Å². The molecule has 0 bridgehead atoms. The van der Waals surface area contributed by atoms with Crippen LogP contribution in [0.4, 0.5) is 10.1 Å². The Morgan fingerprint density at radius 2 is 1.77 bits per heavy atom. The number of aromatic nitrogens is 2. The maximum absolute atomic E-state index is 13.5. The topological polar surface area (TPSA) is 78.4 Å². The average Bonchev–Trinajstić information content (AvgIpc) is 3.25. The number of rotatable bonds is 3.